The second kappa shape index (κ2) is 6.26. The Hall–Kier alpha value is -1.75. The van der Waals surface area contributed by atoms with Gasteiger partial charge in [-0.15, -0.1) is 0 Å². The largest absolute Gasteiger partial charge is 0.505 e. The van der Waals surface area contributed by atoms with Gasteiger partial charge in [-0.1, -0.05) is 12.1 Å². The second-order valence-corrected chi connectivity index (χ2v) is 4.91. The minimum Gasteiger partial charge on any atom is -0.505 e. The highest BCUT2D eigenvalue weighted by Crippen LogP contribution is 2.36. The van der Waals surface area contributed by atoms with Crippen molar-refractivity contribution < 1.29 is 4.74 Å². The van der Waals surface area contributed by atoms with Crippen molar-refractivity contribution in [1.82, 2.24) is 0 Å². The molecule has 18 heavy (non-hydrogen) atoms. The summed E-state index contributed by atoms with van der Waals surface area (Å²) in [6.07, 6.45) is 8.88. The molecule has 1 aliphatic carbocycles. The van der Waals surface area contributed by atoms with Gasteiger partial charge in [-0.2, -0.15) is 5.26 Å². The third-order valence-corrected chi connectivity index (χ3v) is 3.77. The zero-order valence-corrected chi connectivity index (χ0v) is 10.8. The molecule has 1 fully saturated rings. The van der Waals surface area contributed by atoms with Gasteiger partial charge in [-0.3, -0.25) is 0 Å². The molecule has 94 valence electrons. The van der Waals surface area contributed by atoms with Crippen LogP contribution in [0.1, 0.15) is 42.7 Å². The van der Waals surface area contributed by atoms with Gasteiger partial charge in [0.05, 0.1) is 25.0 Å². The summed E-state index contributed by atoms with van der Waals surface area (Å²) in [4.78, 5) is 0. The highest BCUT2D eigenvalue weighted by atomic mass is 16.5. The Morgan fingerprint density at radius 1 is 1.17 bits per heavy atom. The summed E-state index contributed by atoms with van der Waals surface area (Å²) in [5, 5.41) is 8.79. The van der Waals surface area contributed by atoms with Crippen LogP contribution in [-0.4, -0.2) is 7.11 Å². The van der Waals surface area contributed by atoms with Gasteiger partial charge >= 0.3 is 0 Å². The van der Waals surface area contributed by atoms with Crippen molar-refractivity contribution in [2.45, 2.75) is 31.6 Å². The molecule has 0 bridgehead atoms. The van der Waals surface area contributed by atoms with Crippen LogP contribution in [0.5, 0.6) is 0 Å². The van der Waals surface area contributed by atoms with Crippen molar-refractivity contribution in [1.29, 1.82) is 5.26 Å². The SMILES string of the molecule is CO/C=C/[C@H]1CC[C@H](c2ccc(C#N)cc2)CC1. The molecule has 0 aliphatic heterocycles. The highest BCUT2D eigenvalue weighted by molar-refractivity contribution is 5.33. The topological polar surface area (TPSA) is 33.0 Å². The predicted molar refractivity (Wildman–Crippen MR) is 72.0 cm³/mol. The van der Waals surface area contributed by atoms with E-state index in [-0.39, 0.29) is 0 Å². The van der Waals surface area contributed by atoms with Crippen LogP contribution in [0, 0.1) is 17.2 Å². The van der Waals surface area contributed by atoms with Crippen molar-refractivity contribution >= 4 is 0 Å². The van der Waals surface area contributed by atoms with Crippen LogP contribution >= 0.6 is 0 Å². The molecule has 1 aromatic carbocycles. The van der Waals surface area contributed by atoms with E-state index in [9.17, 15) is 0 Å². The van der Waals surface area contributed by atoms with Crippen molar-refractivity contribution in [2.75, 3.05) is 7.11 Å². The molecule has 0 heterocycles. The molecule has 1 aromatic rings. The van der Waals surface area contributed by atoms with E-state index in [0.717, 1.165) is 5.56 Å². The summed E-state index contributed by atoms with van der Waals surface area (Å²) < 4.78 is 4.97. The van der Waals surface area contributed by atoms with E-state index in [1.54, 1.807) is 13.4 Å². The van der Waals surface area contributed by atoms with E-state index < -0.39 is 0 Å². The third-order valence-electron chi connectivity index (χ3n) is 3.77. The van der Waals surface area contributed by atoms with Crippen LogP contribution < -0.4 is 0 Å². The van der Waals surface area contributed by atoms with Crippen LogP contribution in [-0.2, 0) is 4.74 Å². The van der Waals surface area contributed by atoms with Crippen LogP contribution in [0.3, 0.4) is 0 Å². The van der Waals surface area contributed by atoms with Crippen LogP contribution in [0.15, 0.2) is 36.6 Å². The van der Waals surface area contributed by atoms with Gasteiger partial charge in [0.15, 0.2) is 0 Å². The molecule has 1 saturated carbocycles. The number of allylic oxidation sites excluding steroid dienone is 1. The number of hydrogen-bond acceptors (Lipinski definition) is 2. The first kappa shape index (κ1) is 12.7. The van der Waals surface area contributed by atoms with Gasteiger partial charge in [0, 0.05) is 0 Å². The Labute approximate surface area is 109 Å². The molecule has 0 spiro atoms. The molecular weight excluding hydrogens is 222 g/mol. The molecule has 0 N–H and O–H groups in total. The van der Waals surface area contributed by atoms with Gasteiger partial charge < -0.3 is 4.74 Å². The van der Waals surface area contributed by atoms with Crippen molar-refractivity contribution in [3.8, 4) is 6.07 Å². The maximum atomic E-state index is 8.79. The maximum absolute atomic E-state index is 8.79. The fourth-order valence-electron chi connectivity index (χ4n) is 2.66. The number of nitriles is 1. The Morgan fingerprint density at radius 2 is 1.83 bits per heavy atom. The molecule has 2 heteroatoms. The summed E-state index contributed by atoms with van der Waals surface area (Å²) >= 11 is 0. The summed E-state index contributed by atoms with van der Waals surface area (Å²) in [6, 6.07) is 10.2. The van der Waals surface area contributed by atoms with Crippen LogP contribution in [0.4, 0.5) is 0 Å². The lowest BCUT2D eigenvalue weighted by molar-refractivity contribution is 0.322. The predicted octanol–water partition coefficient (Wildman–Crippen LogP) is 3.99. The minimum atomic E-state index is 0.657. The molecule has 0 radical (unpaired) electrons. The Bertz CT molecular complexity index is 433. The molecule has 0 unspecified atom stereocenters. The number of benzene rings is 1. The van der Waals surface area contributed by atoms with E-state index in [1.165, 1.54) is 31.2 Å². The van der Waals surface area contributed by atoms with Gasteiger partial charge in [0.25, 0.3) is 0 Å². The standard InChI is InChI=1S/C16H19NO/c1-18-11-10-13-2-6-15(7-3-13)16-8-4-14(12-17)5-9-16/h4-5,8-11,13,15H,2-3,6-7H2,1H3/b11-10+/t13-,15-. The maximum Gasteiger partial charge on any atom is 0.0991 e. The highest BCUT2D eigenvalue weighted by Gasteiger charge is 2.20. The Kier molecular flexibility index (Phi) is 4.41. The van der Waals surface area contributed by atoms with E-state index in [2.05, 4.69) is 24.3 Å². The summed E-state index contributed by atoms with van der Waals surface area (Å²) in [6.45, 7) is 0. The van der Waals surface area contributed by atoms with Crippen molar-refractivity contribution in [3.05, 3.63) is 47.7 Å². The Balaban J connectivity index is 1.93. The average molecular weight is 241 g/mol. The molecule has 0 atom stereocenters. The Morgan fingerprint density at radius 3 is 2.39 bits per heavy atom. The lowest BCUT2D eigenvalue weighted by Gasteiger charge is -2.26. The summed E-state index contributed by atoms with van der Waals surface area (Å²) in [7, 11) is 1.69. The molecule has 0 aromatic heterocycles. The van der Waals surface area contributed by atoms with E-state index in [1.807, 2.05) is 12.1 Å². The minimum absolute atomic E-state index is 0.657. The smallest absolute Gasteiger partial charge is 0.0991 e. The first-order valence-electron chi connectivity index (χ1n) is 6.53. The lowest BCUT2D eigenvalue weighted by atomic mass is 9.78. The molecule has 2 nitrogen and oxygen atoms in total. The van der Waals surface area contributed by atoms with Crippen molar-refractivity contribution in [3.63, 3.8) is 0 Å². The van der Waals surface area contributed by atoms with E-state index in [4.69, 9.17) is 10.00 Å². The zero-order valence-electron chi connectivity index (χ0n) is 10.8. The van der Waals surface area contributed by atoms with Crippen LogP contribution in [0.25, 0.3) is 0 Å². The molecular formula is C16H19NO. The molecule has 2 rings (SSSR count). The molecule has 0 amide bonds. The fourth-order valence-corrected chi connectivity index (χ4v) is 2.66. The fraction of sp³-hybridized carbons (Fsp3) is 0.438. The van der Waals surface area contributed by atoms with E-state index in [0.29, 0.717) is 11.8 Å². The number of hydrogen-bond donors (Lipinski definition) is 0. The normalized spacial score (nSPS) is 23.8. The van der Waals surface area contributed by atoms with Gasteiger partial charge in [0.2, 0.25) is 0 Å². The third kappa shape index (κ3) is 3.13. The van der Waals surface area contributed by atoms with Crippen molar-refractivity contribution in [2.24, 2.45) is 5.92 Å². The monoisotopic (exact) mass is 241 g/mol. The second-order valence-electron chi connectivity index (χ2n) is 4.91. The van der Waals surface area contributed by atoms with Gasteiger partial charge in [-0.25, -0.2) is 0 Å². The number of nitrogens with zero attached hydrogens (tertiary/aromatic N) is 1. The van der Waals surface area contributed by atoms with Gasteiger partial charge in [-0.05, 0) is 61.3 Å². The van der Waals surface area contributed by atoms with Gasteiger partial charge in [0.1, 0.15) is 0 Å². The van der Waals surface area contributed by atoms with E-state index >= 15 is 0 Å². The summed E-state index contributed by atoms with van der Waals surface area (Å²) in [5.41, 5.74) is 2.12. The number of ether oxygens (including phenoxy) is 1. The first-order chi connectivity index (χ1) is 8.83. The summed E-state index contributed by atoms with van der Waals surface area (Å²) in [5.74, 6) is 1.32. The molecule has 0 saturated heterocycles. The number of methoxy groups -OCH3 is 1. The quantitative estimate of drug-likeness (QED) is 0.749. The molecule has 1 aliphatic rings. The first-order valence-corrected chi connectivity index (χ1v) is 6.53. The average Bonchev–Trinajstić information content (AvgIpc) is 2.46. The lowest BCUT2D eigenvalue weighted by Crippen LogP contribution is -2.11. The number of rotatable bonds is 3. The van der Waals surface area contributed by atoms with Crippen LogP contribution in [0.2, 0.25) is 0 Å². The zero-order chi connectivity index (χ0) is 12.8.